The van der Waals surface area contributed by atoms with Crippen molar-refractivity contribution < 1.29 is 24.5 Å². The van der Waals surface area contributed by atoms with E-state index < -0.39 is 18.1 Å². The van der Waals surface area contributed by atoms with E-state index in [2.05, 4.69) is 0 Å². The maximum atomic E-state index is 12.1. The van der Waals surface area contributed by atoms with E-state index in [9.17, 15) is 14.7 Å². The molecule has 2 saturated heterocycles. The van der Waals surface area contributed by atoms with Crippen molar-refractivity contribution in [3.05, 3.63) is 0 Å². The van der Waals surface area contributed by atoms with E-state index in [0.717, 1.165) is 12.8 Å². The average Bonchev–Trinajstić information content (AvgIpc) is 2.72. The van der Waals surface area contributed by atoms with Crippen LogP contribution in [0.1, 0.15) is 19.3 Å². The monoisotopic (exact) mass is 243 g/mol. The third kappa shape index (κ3) is 2.58. The summed E-state index contributed by atoms with van der Waals surface area (Å²) in [5.74, 6) is -1.50. The Kier molecular flexibility index (Phi) is 3.63. The summed E-state index contributed by atoms with van der Waals surface area (Å²) in [6.07, 6.45) is 0.946. The molecule has 0 saturated carbocycles. The van der Waals surface area contributed by atoms with Gasteiger partial charge in [-0.1, -0.05) is 0 Å². The predicted octanol–water partition coefficient (Wildman–Crippen LogP) is -0.541. The number of aliphatic hydroxyl groups is 1. The number of ether oxygens (including phenoxy) is 1. The summed E-state index contributed by atoms with van der Waals surface area (Å²) in [5.41, 5.74) is 0. The number of likely N-dealkylation sites (tertiary alicyclic amines) is 1. The Morgan fingerprint density at radius 3 is 2.71 bits per heavy atom. The zero-order valence-corrected chi connectivity index (χ0v) is 9.54. The van der Waals surface area contributed by atoms with Crippen molar-refractivity contribution in [3.8, 4) is 0 Å². The van der Waals surface area contributed by atoms with Crippen molar-refractivity contribution in [2.24, 2.45) is 5.92 Å². The first kappa shape index (κ1) is 12.3. The van der Waals surface area contributed by atoms with Gasteiger partial charge in [-0.25, -0.2) is 4.79 Å². The van der Waals surface area contributed by atoms with Crippen LogP contribution in [-0.4, -0.2) is 58.9 Å². The van der Waals surface area contributed by atoms with Crippen LogP contribution >= 0.6 is 0 Å². The number of amides is 1. The van der Waals surface area contributed by atoms with Crippen LogP contribution in [0.25, 0.3) is 0 Å². The quantitative estimate of drug-likeness (QED) is 0.680. The Morgan fingerprint density at radius 2 is 2.12 bits per heavy atom. The van der Waals surface area contributed by atoms with Gasteiger partial charge in [0.2, 0.25) is 5.91 Å². The summed E-state index contributed by atoms with van der Waals surface area (Å²) in [4.78, 5) is 24.4. The van der Waals surface area contributed by atoms with Gasteiger partial charge in [0, 0.05) is 19.6 Å². The molecule has 1 amide bonds. The normalized spacial score (nSPS) is 33.7. The number of carboxylic acids is 1. The molecular formula is C11H17NO5. The number of hydrogen-bond donors (Lipinski definition) is 2. The number of aliphatic carboxylic acids is 1. The van der Waals surface area contributed by atoms with Gasteiger partial charge in [0.05, 0.1) is 18.6 Å². The third-order valence-electron chi connectivity index (χ3n) is 3.36. The lowest BCUT2D eigenvalue weighted by Crippen LogP contribution is -2.45. The van der Waals surface area contributed by atoms with Gasteiger partial charge in [0.15, 0.2) is 0 Å². The van der Waals surface area contributed by atoms with Crippen LogP contribution in [-0.2, 0) is 14.3 Å². The standard InChI is InChI=1S/C11H17NO5/c13-8-4-9(11(15)16)12(5-8)10(14)7-2-1-3-17-6-7/h7-9,13H,1-6H2,(H,15,16)/t7?,8?,9-/m0/s1. The SMILES string of the molecule is O=C(O)[C@@H]1CC(O)CN1C(=O)C1CCCOC1. The smallest absolute Gasteiger partial charge is 0.326 e. The fraction of sp³-hybridized carbons (Fsp3) is 0.818. The van der Waals surface area contributed by atoms with Crippen LogP contribution in [0, 0.1) is 5.92 Å². The van der Waals surface area contributed by atoms with Crippen molar-refractivity contribution in [3.63, 3.8) is 0 Å². The molecule has 6 heteroatoms. The van der Waals surface area contributed by atoms with Gasteiger partial charge < -0.3 is 19.8 Å². The molecule has 2 unspecified atom stereocenters. The molecule has 0 aromatic carbocycles. The van der Waals surface area contributed by atoms with Gasteiger partial charge in [0.1, 0.15) is 6.04 Å². The van der Waals surface area contributed by atoms with Crippen molar-refractivity contribution in [2.45, 2.75) is 31.4 Å². The second-order valence-electron chi connectivity index (χ2n) is 4.65. The summed E-state index contributed by atoms with van der Waals surface area (Å²) in [5, 5.41) is 18.5. The van der Waals surface area contributed by atoms with Gasteiger partial charge in [-0.05, 0) is 12.8 Å². The van der Waals surface area contributed by atoms with E-state index in [1.54, 1.807) is 0 Å². The molecule has 96 valence electrons. The summed E-state index contributed by atoms with van der Waals surface area (Å²) < 4.78 is 5.23. The summed E-state index contributed by atoms with van der Waals surface area (Å²) in [6.45, 7) is 1.14. The largest absolute Gasteiger partial charge is 0.480 e. The number of rotatable bonds is 2. The zero-order valence-electron chi connectivity index (χ0n) is 9.54. The fourth-order valence-corrected chi connectivity index (χ4v) is 2.46. The van der Waals surface area contributed by atoms with Crippen LogP contribution in [0.15, 0.2) is 0 Å². The number of carboxylic acid groups (broad SMARTS) is 1. The lowest BCUT2D eigenvalue weighted by molar-refractivity contribution is -0.151. The van der Waals surface area contributed by atoms with Crippen molar-refractivity contribution >= 4 is 11.9 Å². The van der Waals surface area contributed by atoms with Crippen LogP contribution in [0.2, 0.25) is 0 Å². The summed E-state index contributed by atoms with van der Waals surface area (Å²) in [7, 11) is 0. The lowest BCUT2D eigenvalue weighted by atomic mass is 10.0. The van der Waals surface area contributed by atoms with Gasteiger partial charge >= 0.3 is 5.97 Å². The topological polar surface area (TPSA) is 87.1 Å². The second kappa shape index (κ2) is 5.01. The first-order chi connectivity index (χ1) is 8.09. The van der Waals surface area contributed by atoms with E-state index in [1.807, 2.05) is 0 Å². The Hall–Kier alpha value is -1.14. The molecule has 2 N–H and O–H groups in total. The highest BCUT2D eigenvalue weighted by Crippen LogP contribution is 2.24. The molecule has 0 aromatic heterocycles. The Bertz CT molecular complexity index is 313. The third-order valence-corrected chi connectivity index (χ3v) is 3.36. The average molecular weight is 243 g/mol. The van der Waals surface area contributed by atoms with E-state index in [0.29, 0.717) is 13.2 Å². The van der Waals surface area contributed by atoms with Crippen molar-refractivity contribution in [1.29, 1.82) is 0 Å². The first-order valence-corrected chi connectivity index (χ1v) is 5.88. The second-order valence-corrected chi connectivity index (χ2v) is 4.65. The Morgan fingerprint density at radius 1 is 1.35 bits per heavy atom. The number of carbonyl (C=O) groups is 2. The zero-order chi connectivity index (χ0) is 12.4. The van der Waals surface area contributed by atoms with E-state index in [-0.39, 0.29) is 24.8 Å². The molecule has 0 aromatic rings. The fourth-order valence-electron chi connectivity index (χ4n) is 2.46. The highest BCUT2D eigenvalue weighted by atomic mass is 16.5. The molecule has 0 bridgehead atoms. The van der Waals surface area contributed by atoms with Gasteiger partial charge in [-0.3, -0.25) is 4.79 Å². The minimum Gasteiger partial charge on any atom is -0.480 e. The summed E-state index contributed by atoms with van der Waals surface area (Å²) in [6, 6.07) is -0.889. The Labute approximate surface area is 99.2 Å². The molecule has 0 aliphatic carbocycles. The molecule has 3 atom stereocenters. The first-order valence-electron chi connectivity index (χ1n) is 5.88. The number of aliphatic hydroxyl groups excluding tert-OH is 1. The maximum absolute atomic E-state index is 12.1. The van der Waals surface area contributed by atoms with E-state index >= 15 is 0 Å². The van der Waals surface area contributed by atoms with Crippen LogP contribution in [0.3, 0.4) is 0 Å². The van der Waals surface area contributed by atoms with Gasteiger partial charge in [-0.2, -0.15) is 0 Å². The number of carbonyl (C=O) groups excluding carboxylic acids is 1. The lowest BCUT2D eigenvalue weighted by Gasteiger charge is -2.28. The minimum atomic E-state index is -1.05. The summed E-state index contributed by atoms with van der Waals surface area (Å²) >= 11 is 0. The molecular weight excluding hydrogens is 226 g/mol. The molecule has 17 heavy (non-hydrogen) atoms. The molecule has 0 radical (unpaired) electrons. The van der Waals surface area contributed by atoms with Gasteiger partial charge in [0.25, 0.3) is 0 Å². The van der Waals surface area contributed by atoms with Crippen molar-refractivity contribution in [1.82, 2.24) is 4.90 Å². The molecule has 2 heterocycles. The highest BCUT2D eigenvalue weighted by molar-refractivity contribution is 5.86. The molecule has 6 nitrogen and oxygen atoms in total. The maximum Gasteiger partial charge on any atom is 0.326 e. The predicted molar refractivity (Wildman–Crippen MR) is 57.3 cm³/mol. The van der Waals surface area contributed by atoms with E-state index in [4.69, 9.17) is 9.84 Å². The number of nitrogens with zero attached hydrogens (tertiary/aromatic N) is 1. The number of hydrogen-bond acceptors (Lipinski definition) is 4. The van der Waals surface area contributed by atoms with Crippen molar-refractivity contribution in [2.75, 3.05) is 19.8 Å². The Balaban J connectivity index is 2.04. The number of β-amino-alcohol motifs (C(OH)–C–C–N with tert-alkyl or cyclic N) is 1. The van der Waals surface area contributed by atoms with Crippen LogP contribution in [0.5, 0.6) is 0 Å². The molecule has 2 aliphatic heterocycles. The van der Waals surface area contributed by atoms with Crippen LogP contribution in [0.4, 0.5) is 0 Å². The van der Waals surface area contributed by atoms with Crippen LogP contribution < -0.4 is 0 Å². The van der Waals surface area contributed by atoms with Gasteiger partial charge in [-0.15, -0.1) is 0 Å². The highest BCUT2D eigenvalue weighted by Gasteiger charge is 2.41. The molecule has 0 spiro atoms. The molecule has 2 fully saturated rings. The molecule has 2 rings (SSSR count). The molecule has 2 aliphatic rings. The minimum absolute atomic E-state index is 0.117. The van der Waals surface area contributed by atoms with E-state index in [1.165, 1.54) is 4.90 Å².